The van der Waals surface area contributed by atoms with Crippen LogP contribution in [0.2, 0.25) is 0 Å². The predicted molar refractivity (Wildman–Crippen MR) is 198 cm³/mol. The summed E-state index contributed by atoms with van der Waals surface area (Å²) in [6.07, 6.45) is 44.4. The lowest BCUT2D eigenvalue weighted by Crippen LogP contribution is -2.51. The number of carbonyl (C=O) groups is 2. The van der Waals surface area contributed by atoms with Gasteiger partial charge in [0.05, 0.1) is 0 Å². The summed E-state index contributed by atoms with van der Waals surface area (Å²) in [4.78, 5) is 27.1. The first-order valence-corrected chi connectivity index (χ1v) is 19.1. The highest BCUT2D eigenvalue weighted by Gasteiger charge is 2.39. The molecule has 0 saturated carbocycles. The minimum atomic E-state index is -1.33. The lowest BCUT2D eigenvalue weighted by Gasteiger charge is -2.36. The van der Waals surface area contributed by atoms with Crippen molar-refractivity contribution in [2.45, 2.75) is 187 Å². The second-order valence-corrected chi connectivity index (χ2v) is 12.9. The van der Waals surface area contributed by atoms with Crippen LogP contribution in [0.1, 0.15) is 181 Å². The third-order valence-electron chi connectivity index (χ3n) is 8.34. The summed E-state index contributed by atoms with van der Waals surface area (Å²) in [5, 5.41) is 0. The van der Waals surface area contributed by atoms with Crippen LogP contribution < -0.4 is 0 Å². The van der Waals surface area contributed by atoms with Gasteiger partial charge in [0.2, 0.25) is 0 Å². The number of ether oxygens (including phenoxy) is 2. The minimum Gasteiger partial charge on any atom is -0.408 e. The zero-order valence-electron chi connectivity index (χ0n) is 30.9. The summed E-state index contributed by atoms with van der Waals surface area (Å²) in [6, 6.07) is 0. The SMILES string of the molecule is CCCCC/C=C\C/C=C\CCCCCCCC(=O)OC(CC)(OC(=O)CCCCCCC/C=C\C/C=C\CCCCC)N(C)C. The number of hydrogen-bond donors (Lipinski definition) is 0. The number of hydrogen-bond acceptors (Lipinski definition) is 5. The van der Waals surface area contributed by atoms with Crippen LogP contribution in [0.4, 0.5) is 0 Å². The second kappa shape index (κ2) is 32.8. The normalized spacial score (nSPS) is 12.5. The zero-order chi connectivity index (χ0) is 34.0. The molecule has 0 heterocycles. The third-order valence-corrected chi connectivity index (χ3v) is 8.34. The molecule has 0 aromatic rings. The van der Waals surface area contributed by atoms with Crippen molar-refractivity contribution in [2.24, 2.45) is 0 Å². The first-order chi connectivity index (χ1) is 22.4. The smallest absolute Gasteiger partial charge is 0.319 e. The zero-order valence-corrected chi connectivity index (χ0v) is 30.9. The number of carbonyl (C=O) groups excluding carboxylic acids is 2. The highest BCUT2D eigenvalue weighted by atomic mass is 16.8. The van der Waals surface area contributed by atoms with Crippen molar-refractivity contribution in [1.29, 1.82) is 0 Å². The van der Waals surface area contributed by atoms with Gasteiger partial charge >= 0.3 is 17.8 Å². The number of nitrogens with zero attached hydrogens (tertiary/aromatic N) is 1. The second-order valence-electron chi connectivity index (χ2n) is 12.9. The molecule has 0 N–H and O–H groups in total. The number of rotatable bonds is 32. The molecule has 0 fully saturated rings. The summed E-state index contributed by atoms with van der Waals surface area (Å²) in [5.74, 6) is -1.93. The fourth-order valence-corrected chi connectivity index (χ4v) is 5.28. The van der Waals surface area contributed by atoms with E-state index in [2.05, 4.69) is 62.5 Å². The van der Waals surface area contributed by atoms with Crippen molar-refractivity contribution in [3.05, 3.63) is 48.6 Å². The molecule has 5 heteroatoms. The van der Waals surface area contributed by atoms with Gasteiger partial charge in [0.1, 0.15) is 0 Å². The van der Waals surface area contributed by atoms with Crippen molar-refractivity contribution in [1.82, 2.24) is 4.90 Å². The summed E-state index contributed by atoms with van der Waals surface area (Å²) in [7, 11) is 3.58. The molecular formula is C41H73NO4. The van der Waals surface area contributed by atoms with Crippen LogP contribution in [-0.2, 0) is 19.1 Å². The quantitative estimate of drug-likeness (QED) is 0.0316. The number of allylic oxidation sites excluding steroid dienone is 8. The topological polar surface area (TPSA) is 55.8 Å². The van der Waals surface area contributed by atoms with Crippen molar-refractivity contribution >= 4 is 11.9 Å². The summed E-state index contributed by atoms with van der Waals surface area (Å²) in [6.45, 7) is 6.37. The van der Waals surface area contributed by atoms with E-state index in [9.17, 15) is 9.59 Å². The van der Waals surface area contributed by atoms with Crippen LogP contribution in [0.5, 0.6) is 0 Å². The Balaban J connectivity index is 4.04. The number of unbranched alkanes of at least 4 members (excludes halogenated alkanes) is 16. The van der Waals surface area contributed by atoms with Gasteiger partial charge in [0.15, 0.2) is 0 Å². The van der Waals surface area contributed by atoms with Crippen molar-refractivity contribution in [3.8, 4) is 0 Å². The highest BCUT2D eigenvalue weighted by molar-refractivity contribution is 5.72. The molecule has 0 aliphatic heterocycles. The molecule has 0 bridgehead atoms. The maximum atomic E-state index is 12.7. The Hall–Kier alpha value is -2.14. The Bertz CT molecular complexity index is 766. The predicted octanol–water partition coefficient (Wildman–Crippen LogP) is 12.3. The molecule has 0 rings (SSSR count). The molecule has 266 valence electrons. The molecule has 0 aromatic carbocycles. The minimum absolute atomic E-state index is 0.300. The fourth-order valence-electron chi connectivity index (χ4n) is 5.28. The van der Waals surface area contributed by atoms with Gasteiger partial charge in [0.25, 0.3) is 0 Å². The van der Waals surface area contributed by atoms with E-state index in [0.717, 1.165) is 64.2 Å². The number of esters is 2. The van der Waals surface area contributed by atoms with E-state index < -0.39 is 5.91 Å². The molecule has 5 nitrogen and oxygen atoms in total. The molecule has 0 unspecified atom stereocenters. The molecule has 0 aliphatic carbocycles. The van der Waals surface area contributed by atoms with Crippen molar-refractivity contribution < 1.29 is 19.1 Å². The molecule has 0 amide bonds. The standard InChI is InChI=1S/C41H73NO4/c1-6-9-11-13-15-17-19-21-23-25-27-29-31-33-35-37-39(43)45-41(8-3,42(4)5)46-40(44)38-36-34-32-30-28-26-24-22-20-18-16-14-12-10-7-2/h15-18,21-24H,6-14,19-20,25-38H2,1-5H3/b17-15-,18-16-,23-21-,24-22-. The largest absolute Gasteiger partial charge is 0.408 e. The molecule has 46 heavy (non-hydrogen) atoms. The van der Waals surface area contributed by atoms with Gasteiger partial charge in [-0.05, 0) is 91.1 Å². The lowest BCUT2D eigenvalue weighted by atomic mass is 10.1. The van der Waals surface area contributed by atoms with Crippen molar-refractivity contribution in [2.75, 3.05) is 14.1 Å². The molecule has 0 aliphatic rings. The van der Waals surface area contributed by atoms with E-state index >= 15 is 0 Å². The van der Waals surface area contributed by atoms with Crippen LogP contribution in [0.3, 0.4) is 0 Å². The van der Waals surface area contributed by atoms with E-state index in [1.54, 1.807) is 19.0 Å². The average Bonchev–Trinajstić information content (AvgIpc) is 3.04. The Morgan fingerprint density at radius 3 is 1.13 bits per heavy atom. The van der Waals surface area contributed by atoms with Crippen LogP contribution in [-0.4, -0.2) is 36.8 Å². The van der Waals surface area contributed by atoms with Gasteiger partial charge in [0, 0.05) is 19.3 Å². The van der Waals surface area contributed by atoms with E-state index in [1.807, 2.05) is 6.92 Å². The Morgan fingerprint density at radius 2 is 0.804 bits per heavy atom. The fraction of sp³-hybridized carbons (Fsp3) is 0.756. The van der Waals surface area contributed by atoms with E-state index in [4.69, 9.17) is 9.47 Å². The maximum absolute atomic E-state index is 12.7. The summed E-state index contributed by atoms with van der Waals surface area (Å²) in [5.41, 5.74) is 0. The first-order valence-electron chi connectivity index (χ1n) is 19.1. The molecule has 0 saturated heterocycles. The van der Waals surface area contributed by atoms with E-state index in [-0.39, 0.29) is 11.9 Å². The van der Waals surface area contributed by atoms with Gasteiger partial charge in [-0.25, -0.2) is 4.90 Å². The van der Waals surface area contributed by atoms with Gasteiger partial charge in [-0.15, -0.1) is 0 Å². The summed E-state index contributed by atoms with van der Waals surface area (Å²) < 4.78 is 11.6. The summed E-state index contributed by atoms with van der Waals surface area (Å²) >= 11 is 0. The Labute approximate surface area is 285 Å². The molecule has 0 atom stereocenters. The molecule has 0 radical (unpaired) electrons. The Kier molecular flexibility index (Phi) is 31.3. The highest BCUT2D eigenvalue weighted by Crippen LogP contribution is 2.24. The van der Waals surface area contributed by atoms with Gasteiger partial charge in [-0.3, -0.25) is 9.59 Å². The van der Waals surface area contributed by atoms with E-state index in [1.165, 1.54) is 77.0 Å². The van der Waals surface area contributed by atoms with Crippen LogP contribution in [0, 0.1) is 0 Å². The monoisotopic (exact) mass is 644 g/mol. The Morgan fingerprint density at radius 1 is 0.478 bits per heavy atom. The van der Waals surface area contributed by atoms with E-state index in [0.29, 0.717) is 19.3 Å². The van der Waals surface area contributed by atoms with Crippen LogP contribution in [0.25, 0.3) is 0 Å². The van der Waals surface area contributed by atoms with Crippen LogP contribution >= 0.6 is 0 Å². The third kappa shape index (κ3) is 27.0. The first kappa shape index (κ1) is 43.9. The maximum Gasteiger partial charge on any atom is 0.319 e. The lowest BCUT2D eigenvalue weighted by molar-refractivity contribution is -0.280. The molecule has 0 spiro atoms. The van der Waals surface area contributed by atoms with Crippen LogP contribution in [0.15, 0.2) is 48.6 Å². The molecular weight excluding hydrogens is 570 g/mol. The molecule has 0 aromatic heterocycles. The van der Waals surface area contributed by atoms with Gasteiger partial charge < -0.3 is 9.47 Å². The average molecular weight is 644 g/mol. The van der Waals surface area contributed by atoms with Gasteiger partial charge in [-0.1, -0.05) is 134 Å². The van der Waals surface area contributed by atoms with Crippen molar-refractivity contribution in [3.63, 3.8) is 0 Å². The van der Waals surface area contributed by atoms with Gasteiger partial charge in [-0.2, -0.15) is 0 Å².